The van der Waals surface area contributed by atoms with Gasteiger partial charge in [0.25, 0.3) is 11.8 Å². The van der Waals surface area contributed by atoms with E-state index >= 15 is 0 Å². The second-order valence-corrected chi connectivity index (χ2v) is 7.56. The topological polar surface area (TPSA) is 102 Å². The molecule has 0 aromatic heterocycles. The van der Waals surface area contributed by atoms with Crippen LogP contribution in [0.5, 0.6) is 0 Å². The normalized spacial score (nSPS) is 13.5. The molecule has 0 heterocycles. The van der Waals surface area contributed by atoms with Gasteiger partial charge in [0.2, 0.25) is 0 Å². The number of ether oxygens (including phenoxy) is 1. The van der Waals surface area contributed by atoms with Gasteiger partial charge in [0.05, 0.1) is 6.42 Å². The maximum Gasteiger partial charge on any atom is 0.307 e. The van der Waals surface area contributed by atoms with Gasteiger partial charge in [-0.3, -0.25) is 30.0 Å². The zero-order valence-electron chi connectivity index (χ0n) is 17.5. The van der Waals surface area contributed by atoms with E-state index in [1.54, 1.807) is 30.3 Å². The summed E-state index contributed by atoms with van der Waals surface area (Å²) in [7, 11) is 0. The molecule has 0 radical (unpaired) electrons. The molecule has 2 aromatic rings. The number of carbonyl (C=O) groups excluding carboxylic acids is 4. The molecule has 0 aliphatic heterocycles. The first kappa shape index (κ1) is 22.2. The minimum Gasteiger partial charge on any atom is -0.452 e. The predicted molar refractivity (Wildman–Crippen MR) is 114 cm³/mol. The van der Waals surface area contributed by atoms with Crippen LogP contribution in [0.1, 0.15) is 64.4 Å². The van der Waals surface area contributed by atoms with E-state index in [4.69, 9.17) is 4.74 Å². The van der Waals surface area contributed by atoms with E-state index < -0.39 is 23.9 Å². The van der Waals surface area contributed by atoms with Crippen LogP contribution in [0.2, 0.25) is 0 Å². The van der Waals surface area contributed by atoms with Crippen LogP contribution in [0.25, 0.3) is 0 Å². The van der Waals surface area contributed by atoms with Crippen molar-refractivity contribution in [2.45, 2.75) is 51.6 Å². The first-order valence-corrected chi connectivity index (χ1v) is 10.4. The van der Waals surface area contributed by atoms with E-state index in [1.165, 1.54) is 24.5 Å². The molecule has 7 heteroatoms. The number of aryl methyl sites for hydroxylation is 2. The van der Waals surface area contributed by atoms with Crippen LogP contribution < -0.4 is 10.9 Å². The van der Waals surface area contributed by atoms with Crippen LogP contribution in [0.3, 0.4) is 0 Å². The van der Waals surface area contributed by atoms with Gasteiger partial charge in [-0.2, -0.15) is 0 Å². The van der Waals surface area contributed by atoms with Crippen molar-refractivity contribution >= 4 is 23.6 Å². The maximum atomic E-state index is 12.4. The van der Waals surface area contributed by atoms with Crippen molar-refractivity contribution in [3.05, 3.63) is 70.8 Å². The Morgan fingerprint density at radius 3 is 2.32 bits per heavy atom. The van der Waals surface area contributed by atoms with E-state index in [2.05, 4.69) is 10.9 Å². The van der Waals surface area contributed by atoms with Crippen LogP contribution in [-0.4, -0.2) is 29.7 Å². The van der Waals surface area contributed by atoms with Gasteiger partial charge in [-0.05, 0) is 61.9 Å². The summed E-state index contributed by atoms with van der Waals surface area (Å²) < 4.78 is 5.07. The lowest BCUT2D eigenvalue weighted by Gasteiger charge is -2.16. The number of benzene rings is 2. The molecule has 0 saturated heterocycles. The second kappa shape index (κ2) is 10.5. The number of fused-ring (bicyclic) bond motifs is 1. The average molecular weight is 422 g/mol. The molecule has 1 aliphatic carbocycles. The van der Waals surface area contributed by atoms with E-state index in [0.717, 1.165) is 19.3 Å². The molecule has 0 unspecified atom stereocenters. The average Bonchev–Trinajstić information content (AvgIpc) is 2.80. The first-order chi connectivity index (χ1) is 14.9. The van der Waals surface area contributed by atoms with Crippen molar-refractivity contribution < 1.29 is 23.9 Å². The van der Waals surface area contributed by atoms with E-state index in [0.29, 0.717) is 11.1 Å². The van der Waals surface area contributed by atoms with Crippen molar-refractivity contribution in [2.24, 2.45) is 0 Å². The number of hydrogen-bond acceptors (Lipinski definition) is 5. The van der Waals surface area contributed by atoms with Gasteiger partial charge < -0.3 is 4.74 Å². The van der Waals surface area contributed by atoms with E-state index in [-0.39, 0.29) is 18.6 Å². The highest BCUT2D eigenvalue weighted by Crippen LogP contribution is 2.23. The standard InChI is InChI=1S/C24H26N2O5/c1-16(23(29)25-26-24(30)18-8-3-2-4-9-18)31-22(28)14-13-21(27)20-12-11-17-7-5-6-10-19(17)15-20/h2-4,8-9,11-12,15-16H,5-7,10,13-14H2,1H3,(H,25,29)(H,26,30)/t16-/m0/s1. The summed E-state index contributed by atoms with van der Waals surface area (Å²) in [5, 5.41) is 0. The van der Waals surface area contributed by atoms with Crippen molar-refractivity contribution in [1.29, 1.82) is 0 Å². The van der Waals surface area contributed by atoms with Gasteiger partial charge >= 0.3 is 5.97 Å². The Balaban J connectivity index is 1.41. The fourth-order valence-corrected chi connectivity index (χ4v) is 3.46. The lowest BCUT2D eigenvalue weighted by Crippen LogP contribution is -2.46. The van der Waals surface area contributed by atoms with Crippen LogP contribution in [0.15, 0.2) is 48.5 Å². The Morgan fingerprint density at radius 2 is 1.58 bits per heavy atom. The summed E-state index contributed by atoms with van der Waals surface area (Å²) in [6.07, 6.45) is 3.10. The number of esters is 1. The summed E-state index contributed by atoms with van der Waals surface area (Å²) in [4.78, 5) is 48.4. The van der Waals surface area contributed by atoms with Gasteiger partial charge in [-0.15, -0.1) is 0 Å². The van der Waals surface area contributed by atoms with Crippen LogP contribution in [-0.2, 0) is 27.2 Å². The SMILES string of the molecule is C[C@H](OC(=O)CCC(=O)c1ccc2c(c1)CCCC2)C(=O)NNC(=O)c1ccccc1. The molecule has 0 fully saturated rings. The number of carbonyl (C=O) groups is 4. The second-order valence-electron chi connectivity index (χ2n) is 7.56. The summed E-state index contributed by atoms with van der Waals surface area (Å²) in [5.74, 6) is -1.93. The maximum absolute atomic E-state index is 12.4. The molecule has 2 N–H and O–H groups in total. The molecule has 1 aliphatic rings. The monoisotopic (exact) mass is 422 g/mol. The molecule has 7 nitrogen and oxygen atoms in total. The van der Waals surface area contributed by atoms with Crippen LogP contribution in [0, 0.1) is 0 Å². The Hall–Kier alpha value is -3.48. The molecule has 2 aromatic carbocycles. The summed E-state index contributed by atoms with van der Waals surface area (Å²) in [6, 6.07) is 14.1. The molecule has 0 bridgehead atoms. The minimum absolute atomic E-state index is 0.0106. The molecule has 0 spiro atoms. The number of Topliss-reactive ketones (excluding diaryl/α,β-unsaturated/α-hetero) is 1. The molecule has 162 valence electrons. The highest BCUT2D eigenvalue weighted by molar-refractivity contribution is 5.98. The first-order valence-electron chi connectivity index (χ1n) is 10.4. The number of nitrogens with one attached hydrogen (secondary N) is 2. The quantitative estimate of drug-likeness (QED) is 0.406. The molecular formula is C24H26N2O5. The number of ketones is 1. The Morgan fingerprint density at radius 1 is 0.871 bits per heavy atom. The Labute approximate surface area is 181 Å². The highest BCUT2D eigenvalue weighted by Gasteiger charge is 2.20. The van der Waals surface area contributed by atoms with Crippen molar-refractivity contribution in [3.63, 3.8) is 0 Å². The molecular weight excluding hydrogens is 396 g/mol. The summed E-state index contributed by atoms with van der Waals surface area (Å²) >= 11 is 0. The van der Waals surface area contributed by atoms with Gasteiger partial charge in [-0.1, -0.05) is 30.3 Å². The molecule has 3 rings (SSSR count). The molecule has 2 amide bonds. The van der Waals surface area contributed by atoms with Gasteiger partial charge in [-0.25, -0.2) is 0 Å². The molecule has 1 atom stereocenters. The lowest BCUT2D eigenvalue weighted by molar-refractivity contribution is -0.155. The summed E-state index contributed by atoms with van der Waals surface area (Å²) in [6.45, 7) is 1.40. The van der Waals surface area contributed by atoms with Crippen molar-refractivity contribution in [2.75, 3.05) is 0 Å². The third-order valence-corrected chi connectivity index (χ3v) is 5.24. The van der Waals surface area contributed by atoms with Gasteiger partial charge in [0, 0.05) is 17.5 Å². The minimum atomic E-state index is -1.11. The van der Waals surface area contributed by atoms with Crippen molar-refractivity contribution in [1.82, 2.24) is 10.9 Å². The van der Waals surface area contributed by atoms with Crippen molar-refractivity contribution in [3.8, 4) is 0 Å². The third-order valence-electron chi connectivity index (χ3n) is 5.24. The fraction of sp³-hybridized carbons (Fsp3) is 0.333. The molecule has 0 saturated carbocycles. The van der Waals surface area contributed by atoms with Gasteiger partial charge in [0.1, 0.15) is 0 Å². The number of hydrogen-bond donors (Lipinski definition) is 2. The highest BCUT2D eigenvalue weighted by atomic mass is 16.5. The third kappa shape index (κ3) is 6.25. The number of amides is 2. The lowest BCUT2D eigenvalue weighted by atomic mass is 9.89. The van der Waals surface area contributed by atoms with Crippen LogP contribution in [0.4, 0.5) is 0 Å². The number of rotatable bonds is 7. The zero-order chi connectivity index (χ0) is 22.2. The van der Waals surface area contributed by atoms with E-state index in [9.17, 15) is 19.2 Å². The predicted octanol–water partition coefficient (Wildman–Crippen LogP) is 2.92. The van der Waals surface area contributed by atoms with Gasteiger partial charge in [0.15, 0.2) is 11.9 Å². The van der Waals surface area contributed by atoms with E-state index in [1.807, 2.05) is 18.2 Å². The van der Waals surface area contributed by atoms with Crippen LogP contribution >= 0.6 is 0 Å². The Kier molecular flexibility index (Phi) is 7.54. The molecule has 31 heavy (non-hydrogen) atoms. The largest absolute Gasteiger partial charge is 0.452 e. The number of hydrazine groups is 1. The summed E-state index contributed by atoms with van der Waals surface area (Å²) in [5.41, 5.74) is 7.97. The fourth-order valence-electron chi connectivity index (χ4n) is 3.46. The Bertz CT molecular complexity index is 971. The smallest absolute Gasteiger partial charge is 0.307 e. The zero-order valence-corrected chi connectivity index (χ0v) is 17.5.